The highest BCUT2D eigenvalue weighted by atomic mass is 35.5. The van der Waals surface area contributed by atoms with Gasteiger partial charge in [0.25, 0.3) is 5.91 Å². The van der Waals surface area contributed by atoms with Gasteiger partial charge in [-0.05, 0) is 24.5 Å². The zero-order valence-electron chi connectivity index (χ0n) is 10.9. The van der Waals surface area contributed by atoms with Crippen LogP contribution >= 0.6 is 23.4 Å². The summed E-state index contributed by atoms with van der Waals surface area (Å²) in [4.78, 5) is 36.7. The third-order valence-corrected chi connectivity index (χ3v) is 3.44. The molecule has 0 fully saturated rings. The summed E-state index contributed by atoms with van der Waals surface area (Å²) in [6, 6.07) is -0.0104. The van der Waals surface area contributed by atoms with E-state index in [0.29, 0.717) is 5.75 Å². The number of nitro groups is 1. The number of amides is 1. The third kappa shape index (κ3) is 4.57. The van der Waals surface area contributed by atoms with E-state index < -0.39 is 33.7 Å². The molecule has 0 aromatic carbocycles. The largest absolute Gasteiger partial charge is 0.480 e. The molecule has 114 valence electrons. The Morgan fingerprint density at radius 3 is 2.81 bits per heavy atom. The molecule has 1 amide bonds. The number of hydrogen-bond acceptors (Lipinski definition) is 6. The van der Waals surface area contributed by atoms with Gasteiger partial charge in [-0.2, -0.15) is 11.8 Å². The zero-order valence-corrected chi connectivity index (χ0v) is 12.5. The van der Waals surface area contributed by atoms with E-state index in [2.05, 4.69) is 10.3 Å². The molecule has 0 saturated heterocycles. The number of thioether (sulfide) groups is 1. The number of hydrogen-bond donors (Lipinski definition) is 2. The number of pyridine rings is 1. The van der Waals surface area contributed by atoms with Gasteiger partial charge in [0.1, 0.15) is 11.6 Å². The fourth-order valence-electron chi connectivity index (χ4n) is 1.51. The molecular formula is C11H12ClN3O5S. The van der Waals surface area contributed by atoms with Gasteiger partial charge < -0.3 is 10.4 Å². The van der Waals surface area contributed by atoms with Gasteiger partial charge in [-0.25, -0.2) is 9.78 Å². The molecule has 0 saturated carbocycles. The van der Waals surface area contributed by atoms with Gasteiger partial charge in [0.2, 0.25) is 5.15 Å². The summed E-state index contributed by atoms with van der Waals surface area (Å²) < 4.78 is 0. The van der Waals surface area contributed by atoms with Crippen LogP contribution < -0.4 is 5.32 Å². The van der Waals surface area contributed by atoms with Crippen molar-refractivity contribution in [3.05, 3.63) is 33.1 Å². The first kappa shape index (κ1) is 17.2. The summed E-state index contributed by atoms with van der Waals surface area (Å²) in [5, 5.41) is 21.8. The lowest BCUT2D eigenvalue weighted by Gasteiger charge is -2.14. The molecule has 1 atom stereocenters. The van der Waals surface area contributed by atoms with E-state index in [-0.39, 0.29) is 12.0 Å². The molecule has 21 heavy (non-hydrogen) atoms. The number of rotatable bonds is 7. The molecule has 0 radical (unpaired) electrons. The lowest BCUT2D eigenvalue weighted by molar-refractivity contribution is -0.385. The third-order valence-electron chi connectivity index (χ3n) is 2.52. The van der Waals surface area contributed by atoms with Gasteiger partial charge in [0, 0.05) is 6.20 Å². The number of carboxylic acid groups (broad SMARTS) is 1. The van der Waals surface area contributed by atoms with Crippen LogP contribution in [0.4, 0.5) is 5.69 Å². The van der Waals surface area contributed by atoms with Crippen LogP contribution in [0.5, 0.6) is 0 Å². The molecule has 1 rings (SSSR count). The van der Waals surface area contributed by atoms with Gasteiger partial charge in [0.05, 0.1) is 4.92 Å². The quantitative estimate of drug-likeness (QED) is 0.441. The molecule has 0 bridgehead atoms. The minimum atomic E-state index is -1.21. The Kier molecular flexibility index (Phi) is 6.38. The molecule has 2 N–H and O–H groups in total. The Morgan fingerprint density at radius 1 is 1.62 bits per heavy atom. The van der Waals surface area contributed by atoms with Crippen LogP contribution in [0.15, 0.2) is 12.3 Å². The van der Waals surface area contributed by atoms with Crippen LogP contribution in [0.3, 0.4) is 0 Å². The summed E-state index contributed by atoms with van der Waals surface area (Å²) in [6.45, 7) is 0. The maximum Gasteiger partial charge on any atom is 0.326 e. The van der Waals surface area contributed by atoms with Crippen molar-refractivity contribution in [2.75, 3.05) is 12.0 Å². The van der Waals surface area contributed by atoms with Crippen LogP contribution in [0, 0.1) is 10.1 Å². The minimum absolute atomic E-state index is 0.203. The number of nitrogens with zero attached hydrogens (tertiary/aromatic N) is 2. The molecule has 1 unspecified atom stereocenters. The van der Waals surface area contributed by atoms with Crippen molar-refractivity contribution < 1.29 is 19.6 Å². The average Bonchev–Trinajstić information content (AvgIpc) is 2.42. The predicted molar refractivity (Wildman–Crippen MR) is 77.8 cm³/mol. The number of aliphatic carboxylic acids is 1. The second-order valence-corrected chi connectivity index (χ2v) is 5.24. The number of halogens is 1. The zero-order chi connectivity index (χ0) is 16.0. The van der Waals surface area contributed by atoms with Crippen molar-refractivity contribution in [3.8, 4) is 0 Å². The van der Waals surface area contributed by atoms with E-state index >= 15 is 0 Å². The molecule has 0 aliphatic rings. The first-order valence-corrected chi connectivity index (χ1v) is 7.47. The Labute approximate surface area is 129 Å². The van der Waals surface area contributed by atoms with E-state index in [0.717, 1.165) is 12.3 Å². The molecule has 1 heterocycles. The second kappa shape index (κ2) is 7.79. The summed E-state index contributed by atoms with van der Waals surface area (Å²) in [6.07, 6.45) is 3.14. The Morgan fingerprint density at radius 2 is 2.29 bits per heavy atom. The molecule has 1 aromatic heterocycles. The van der Waals surface area contributed by atoms with Crippen molar-refractivity contribution in [2.45, 2.75) is 12.5 Å². The maximum atomic E-state index is 12.0. The van der Waals surface area contributed by atoms with E-state index in [1.165, 1.54) is 11.8 Å². The molecule has 10 heteroatoms. The molecule has 0 aliphatic heterocycles. The summed E-state index contributed by atoms with van der Waals surface area (Å²) in [7, 11) is 0. The van der Waals surface area contributed by atoms with E-state index in [4.69, 9.17) is 16.7 Å². The van der Waals surface area contributed by atoms with Crippen molar-refractivity contribution in [1.82, 2.24) is 10.3 Å². The first-order chi connectivity index (χ1) is 9.88. The highest BCUT2D eigenvalue weighted by Gasteiger charge is 2.28. The number of carboxylic acids is 1. The normalized spacial score (nSPS) is 11.7. The van der Waals surface area contributed by atoms with Crippen LogP contribution in [-0.4, -0.2) is 44.9 Å². The van der Waals surface area contributed by atoms with Gasteiger partial charge >= 0.3 is 11.7 Å². The van der Waals surface area contributed by atoms with Crippen LogP contribution in [0.2, 0.25) is 5.15 Å². The average molecular weight is 334 g/mol. The highest BCUT2D eigenvalue weighted by molar-refractivity contribution is 7.98. The highest BCUT2D eigenvalue weighted by Crippen LogP contribution is 2.25. The van der Waals surface area contributed by atoms with Crippen LogP contribution in [0.1, 0.15) is 16.8 Å². The number of carbonyl (C=O) groups is 2. The monoisotopic (exact) mass is 333 g/mol. The topological polar surface area (TPSA) is 122 Å². The fourth-order valence-corrected chi connectivity index (χ4v) is 2.21. The van der Waals surface area contributed by atoms with E-state index in [9.17, 15) is 19.7 Å². The molecule has 0 aliphatic carbocycles. The minimum Gasteiger partial charge on any atom is -0.480 e. The SMILES string of the molecule is CSCCC(NC(=O)c1ccnc(Cl)c1[N+](=O)[O-])C(=O)O. The van der Waals surface area contributed by atoms with Gasteiger partial charge in [-0.3, -0.25) is 14.9 Å². The first-order valence-electron chi connectivity index (χ1n) is 5.70. The number of aromatic nitrogens is 1. The van der Waals surface area contributed by atoms with E-state index in [1.54, 1.807) is 6.26 Å². The lowest BCUT2D eigenvalue weighted by Crippen LogP contribution is -2.41. The predicted octanol–water partition coefficient (Wildman–Crippen LogP) is 1.58. The van der Waals surface area contributed by atoms with Crippen molar-refractivity contribution >= 4 is 40.9 Å². The van der Waals surface area contributed by atoms with Gasteiger partial charge in [-0.15, -0.1) is 0 Å². The molecular weight excluding hydrogens is 322 g/mol. The van der Waals surface area contributed by atoms with Crippen molar-refractivity contribution in [1.29, 1.82) is 0 Å². The molecule has 0 spiro atoms. The standard InChI is InChI=1S/C11H12ClN3O5S/c1-21-5-3-7(11(17)18)14-10(16)6-2-4-13-9(12)8(6)15(19)20/h2,4,7H,3,5H2,1H3,(H,14,16)(H,17,18). The second-order valence-electron chi connectivity index (χ2n) is 3.90. The van der Waals surface area contributed by atoms with E-state index in [1.807, 2.05) is 0 Å². The molecule has 1 aromatic rings. The van der Waals surface area contributed by atoms with Crippen LogP contribution in [-0.2, 0) is 4.79 Å². The Bertz CT molecular complexity index is 569. The molecule has 8 nitrogen and oxygen atoms in total. The van der Waals surface area contributed by atoms with Crippen LogP contribution in [0.25, 0.3) is 0 Å². The number of carbonyl (C=O) groups excluding carboxylic acids is 1. The fraction of sp³-hybridized carbons (Fsp3) is 0.364. The van der Waals surface area contributed by atoms with Crippen molar-refractivity contribution in [3.63, 3.8) is 0 Å². The smallest absolute Gasteiger partial charge is 0.326 e. The maximum absolute atomic E-state index is 12.0. The summed E-state index contributed by atoms with van der Waals surface area (Å²) in [5.74, 6) is -1.56. The lowest BCUT2D eigenvalue weighted by atomic mass is 10.1. The van der Waals surface area contributed by atoms with Gasteiger partial charge in [0.15, 0.2) is 0 Å². The van der Waals surface area contributed by atoms with Gasteiger partial charge in [-0.1, -0.05) is 11.6 Å². The summed E-state index contributed by atoms with van der Waals surface area (Å²) in [5.41, 5.74) is -0.971. The van der Waals surface area contributed by atoms with Crippen molar-refractivity contribution in [2.24, 2.45) is 0 Å². The number of nitrogens with one attached hydrogen (secondary N) is 1. The Hall–Kier alpha value is -1.87. The summed E-state index contributed by atoms with van der Waals surface area (Å²) >= 11 is 7.03. The Balaban J connectivity index is 3.00.